The number of hydrogen-bond acceptors (Lipinski definition) is 2. The topological polar surface area (TPSA) is 39.3 Å². The Morgan fingerprint density at radius 3 is 2.71 bits per heavy atom. The summed E-state index contributed by atoms with van der Waals surface area (Å²) in [5, 5.41) is 1.16. The summed E-state index contributed by atoms with van der Waals surface area (Å²) in [7, 11) is 0. The fourth-order valence-corrected chi connectivity index (χ4v) is 4.49. The summed E-state index contributed by atoms with van der Waals surface area (Å²) in [4.78, 5) is 21.1. The van der Waals surface area contributed by atoms with Gasteiger partial charge < -0.3 is 4.98 Å². The minimum absolute atomic E-state index is 0.105. The normalized spacial score (nSPS) is 19.0. The lowest BCUT2D eigenvalue weighted by atomic mass is 10.0. The van der Waals surface area contributed by atoms with Gasteiger partial charge in [-0.15, -0.1) is 0 Å². The number of aromatic amines is 1. The number of para-hydroxylation sites is 2. The van der Waals surface area contributed by atoms with Crippen LogP contribution in [0.1, 0.15) is 36.0 Å². The highest BCUT2D eigenvalue weighted by Crippen LogP contribution is 2.38. The fourth-order valence-electron chi connectivity index (χ4n) is 4.49. The van der Waals surface area contributed by atoms with Crippen molar-refractivity contribution in [1.29, 1.82) is 0 Å². The summed E-state index contributed by atoms with van der Waals surface area (Å²) in [5.41, 5.74) is 6.27. The van der Waals surface area contributed by atoms with Crippen LogP contribution in [0.2, 0.25) is 0 Å². The van der Waals surface area contributed by atoms with Crippen LogP contribution in [0.25, 0.3) is 22.6 Å². The molecule has 0 aliphatic carbocycles. The van der Waals surface area contributed by atoms with Crippen LogP contribution in [0.5, 0.6) is 0 Å². The molecule has 1 saturated heterocycles. The number of H-pyrrole nitrogens is 1. The third-order valence-corrected chi connectivity index (χ3v) is 6.01. The first kappa shape index (κ1) is 17.3. The van der Waals surface area contributed by atoms with E-state index in [0.717, 1.165) is 46.4 Å². The smallest absolute Gasteiger partial charge is 0.260 e. The van der Waals surface area contributed by atoms with Crippen LogP contribution < -0.4 is 4.90 Å². The average Bonchev–Trinajstić information content (AvgIpc) is 3.25. The number of nitrogens with zero attached hydrogens (tertiary/aromatic N) is 2. The van der Waals surface area contributed by atoms with Gasteiger partial charge in [-0.05, 0) is 50.6 Å². The molecule has 4 heteroatoms. The molecule has 1 fully saturated rings. The van der Waals surface area contributed by atoms with Crippen LogP contribution in [0, 0.1) is 6.92 Å². The lowest BCUT2D eigenvalue weighted by Crippen LogP contribution is -2.42. The Morgan fingerprint density at radius 1 is 1.04 bits per heavy atom. The van der Waals surface area contributed by atoms with Crippen molar-refractivity contribution in [3.63, 3.8) is 0 Å². The second kappa shape index (κ2) is 6.95. The van der Waals surface area contributed by atoms with Crippen LogP contribution in [-0.4, -0.2) is 35.5 Å². The predicted molar refractivity (Wildman–Crippen MR) is 115 cm³/mol. The van der Waals surface area contributed by atoms with Crippen molar-refractivity contribution in [3.05, 3.63) is 65.4 Å². The van der Waals surface area contributed by atoms with E-state index in [1.165, 1.54) is 24.8 Å². The number of fused-ring (bicyclic) bond motifs is 2. The third-order valence-electron chi connectivity index (χ3n) is 6.01. The molecule has 2 aromatic carbocycles. The second-order valence-electron chi connectivity index (χ2n) is 7.87. The van der Waals surface area contributed by atoms with Crippen LogP contribution in [-0.2, 0) is 4.79 Å². The molecule has 1 N–H and O–H groups in total. The van der Waals surface area contributed by atoms with Crippen molar-refractivity contribution >= 4 is 34.1 Å². The Morgan fingerprint density at radius 2 is 1.86 bits per heavy atom. The second-order valence-corrected chi connectivity index (χ2v) is 7.87. The first-order valence-corrected chi connectivity index (χ1v) is 10.1. The molecule has 0 radical (unpaired) electrons. The number of anilines is 1. The lowest BCUT2D eigenvalue weighted by Gasteiger charge is -2.30. The first-order chi connectivity index (χ1) is 13.7. The summed E-state index contributed by atoms with van der Waals surface area (Å²) in [5.74, 6) is 0.105. The molecule has 142 valence electrons. The van der Waals surface area contributed by atoms with Gasteiger partial charge in [-0.2, -0.15) is 0 Å². The summed E-state index contributed by atoms with van der Waals surface area (Å²) >= 11 is 0. The van der Waals surface area contributed by atoms with Crippen molar-refractivity contribution in [2.75, 3.05) is 24.7 Å². The van der Waals surface area contributed by atoms with Gasteiger partial charge in [-0.1, -0.05) is 42.8 Å². The van der Waals surface area contributed by atoms with Gasteiger partial charge in [0, 0.05) is 33.8 Å². The van der Waals surface area contributed by atoms with Gasteiger partial charge >= 0.3 is 0 Å². The van der Waals surface area contributed by atoms with E-state index in [9.17, 15) is 4.79 Å². The van der Waals surface area contributed by atoms with Gasteiger partial charge in [0.25, 0.3) is 5.91 Å². The zero-order valence-corrected chi connectivity index (χ0v) is 16.2. The van der Waals surface area contributed by atoms with Gasteiger partial charge in [0.2, 0.25) is 0 Å². The lowest BCUT2D eigenvalue weighted by molar-refractivity contribution is -0.113. The molecule has 0 atom stereocenters. The van der Waals surface area contributed by atoms with Gasteiger partial charge in [0.05, 0.1) is 12.4 Å². The summed E-state index contributed by atoms with van der Waals surface area (Å²) in [6.45, 7) is 4.94. The number of hydrogen-bond donors (Lipinski definition) is 1. The minimum Gasteiger partial charge on any atom is -0.360 e. The molecule has 1 amide bonds. The quantitative estimate of drug-likeness (QED) is 0.671. The third kappa shape index (κ3) is 2.85. The van der Waals surface area contributed by atoms with E-state index in [-0.39, 0.29) is 5.91 Å². The Balaban J connectivity index is 1.55. The highest BCUT2D eigenvalue weighted by atomic mass is 16.2. The fraction of sp³-hybridized carbons (Fsp3) is 0.292. The molecule has 3 heterocycles. The monoisotopic (exact) mass is 371 g/mol. The van der Waals surface area contributed by atoms with Gasteiger partial charge in [-0.3, -0.25) is 14.6 Å². The van der Waals surface area contributed by atoms with Crippen LogP contribution in [0.4, 0.5) is 5.69 Å². The summed E-state index contributed by atoms with van der Waals surface area (Å²) in [6.07, 6.45) is 7.80. The molecule has 2 aliphatic heterocycles. The van der Waals surface area contributed by atoms with E-state index >= 15 is 0 Å². The largest absolute Gasteiger partial charge is 0.360 e. The van der Waals surface area contributed by atoms with Crippen molar-refractivity contribution in [1.82, 2.24) is 9.88 Å². The van der Waals surface area contributed by atoms with E-state index in [1.807, 2.05) is 23.2 Å². The minimum atomic E-state index is 0.105. The number of likely N-dealkylation sites (tertiary alicyclic amines) is 1. The molecule has 0 unspecified atom stereocenters. The van der Waals surface area contributed by atoms with E-state index < -0.39 is 0 Å². The Kier molecular flexibility index (Phi) is 4.29. The van der Waals surface area contributed by atoms with Gasteiger partial charge in [0.1, 0.15) is 0 Å². The van der Waals surface area contributed by atoms with Crippen molar-refractivity contribution in [2.45, 2.75) is 26.2 Å². The van der Waals surface area contributed by atoms with E-state index in [1.54, 1.807) is 0 Å². The number of aryl methyl sites for hydroxylation is 1. The highest BCUT2D eigenvalue weighted by molar-refractivity contribution is 6.36. The number of aromatic nitrogens is 1. The van der Waals surface area contributed by atoms with Gasteiger partial charge in [-0.25, -0.2) is 0 Å². The average molecular weight is 371 g/mol. The molecule has 28 heavy (non-hydrogen) atoms. The van der Waals surface area contributed by atoms with Crippen LogP contribution in [0.15, 0.2) is 48.7 Å². The number of nitrogens with one attached hydrogen (secondary N) is 1. The van der Waals surface area contributed by atoms with Gasteiger partial charge in [0.15, 0.2) is 0 Å². The summed E-state index contributed by atoms with van der Waals surface area (Å²) in [6, 6.07) is 14.5. The molecule has 0 spiro atoms. The molecule has 0 bridgehead atoms. The molecule has 5 rings (SSSR count). The predicted octanol–water partition coefficient (Wildman–Crippen LogP) is 4.81. The number of benzene rings is 2. The maximum Gasteiger partial charge on any atom is 0.260 e. The van der Waals surface area contributed by atoms with Crippen molar-refractivity contribution in [2.24, 2.45) is 0 Å². The SMILES string of the molecule is Cc1cccc2c(C=C3C(=O)N(CN4CCCCC4)c4ccccc43)c[nH]c12. The number of carbonyl (C=O) groups is 1. The van der Waals surface area contributed by atoms with Crippen molar-refractivity contribution < 1.29 is 4.79 Å². The Labute approximate surface area is 165 Å². The standard InChI is InChI=1S/C24H25N3O/c1-17-8-7-10-19-18(15-25-23(17)19)14-21-20-9-3-4-11-22(20)27(24(21)28)16-26-12-5-2-6-13-26/h3-4,7-11,14-15,25H,2,5-6,12-13,16H2,1H3. The van der Waals surface area contributed by atoms with E-state index in [2.05, 4.69) is 53.2 Å². The maximum absolute atomic E-state index is 13.4. The zero-order chi connectivity index (χ0) is 19.1. The first-order valence-electron chi connectivity index (χ1n) is 10.1. The molecular weight excluding hydrogens is 346 g/mol. The highest BCUT2D eigenvalue weighted by Gasteiger charge is 2.33. The molecule has 0 saturated carbocycles. The molecule has 2 aliphatic rings. The Bertz CT molecular complexity index is 1070. The van der Waals surface area contributed by atoms with Crippen LogP contribution >= 0.6 is 0 Å². The number of amides is 1. The van der Waals surface area contributed by atoms with E-state index in [4.69, 9.17) is 0 Å². The zero-order valence-electron chi connectivity index (χ0n) is 16.2. The summed E-state index contributed by atoms with van der Waals surface area (Å²) < 4.78 is 0. The molecule has 3 aromatic rings. The van der Waals surface area contributed by atoms with E-state index in [0.29, 0.717) is 6.67 Å². The molecule has 4 nitrogen and oxygen atoms in total. The van der Waals surface area contributed by atoms with Crippen LogP contribution in [0.3, 0.4) is 0 Å². The Hall–Kier alpha value is -2.85. The molecule has 1 aromatic heterocycles. The number of carbonyl (C=O) groups excluding carboxylic acids is 1. The van der Waals surface area contributed by atoms with Crippen molar-refractivity contribution in [3.8, 4) is 0 Å². The molecular formula is C24H25N3O. The number of piperidine rings is 1. The number of rotatable bonds is 3. The maximum atomic E-state index is 13.4.